The van der Waals surface area contributed by atoms with Crippen molar-refractivity contribution in [1.29, 1.82) is 0 Å². The molecule has 0 spiro atoms. The van der Waals surface area contributed by atoms with E-state index in [1.54, 1.807) is 0 Å². The van der Waals surface area contributed by atoms with Crippen molar-refractivity contribution in [2.24, 2.45) is 0 Å². The van der Waals surface area contributed by atoms with E-state index in [-0.39, 0.29) is 18.9 Å². The summed E-state index contributed by atoms with van der Waals surface area (Å²) in [5.41, 5.74) is 0.447. The molecular formula is C17H23NO4. The quantitative estimate of drug-likeness (QED) is 0.748. The molecule has 0 bridgehead atoms. The van der Waals surface area contributed by atoms with Gasteiger partial charge in [-0.25, -0.2) is 0 Å². The number of nitrogens with one attached hydrogen (secondary N) is 1. The Morgan fingerprint density at radius 3 is 2.36 bits per heavy atom. The van der Waals surface area contributed by atoms with Gasteiger partial charge in [-0.05, 0) is 18.4 Å². The molecule has 5 nitrogen and oxygen atoms in total. The van der Waals surface area contributed by atoms with Gasteiger partial charge in [-0.1, -0.05) is 49.6 Å². The van der Waals surface area contributed by atoms with E-state index >= 15 is 0 Å². The smallest absolute Gasteiger partial charge is 0.306 e. The first-order valence-electron chi connectivity index (χ1n) is 7.78. The third-order valence-electron chi connectivity index (χ3n) is 4.38. The topological polar surface area (TPSA) is 86.6 Å². The maximum Gasteiger partial charge on any atom is 0.306 e. The molecule has 1 amide bonds. The van der Waals surface area contributed by atoms with Crippen LogP contribution in [0.5, 0.6) is 0 Å². The predicted molar refractivity (Wildman–Crippen MR) is 82.5 cm³/mol. The minimum Gasteiger partial charge on any atom is -0.481 e. The number of rotatable bonds is 6. The second-order valence-electron chi connectivity index (χ2n) is 5.97. The second-order valence-corrected chi connectivity index (χ2v) is 5.97. The minimum absolute atomic E-state index is 0.0281. The van der Waals surface area contributed by atoms with Gasteiger partial charge in [-0.2, -0.15) is 0 Å². The zero-order valence-corrected chi connectivity index (χ0v) is 12.6. The van der Waals surface area contributed by atoms with Gasteiger partial charge in [0.05, 0.1) is 17.9 Å². The number of aliphatic hydroxyl groups is 1. The van der Waals surface area contributed by atoms with Gasteiger partial charge in [0.15, 0.2) is 0 Å². The summed E-state index contributed by atoms with van der Waals surface area (Å²) in [4.78, 5) is 23.3. The molecule has 1 atom stereocenters. The number of carbonyl (C=O) groups is 2. The second kappa shape index (κ2) is 7.40. The Morgan fingerprint density at radius 1 is 1.14 bits per heavy atom. The van der Waals surface area contributed by atoms with Crippen molar-refractivity contribution < 1.29 is 19.8 Å². The average molecular weight is 305 g/mol. The monoisotopic (exact) mass is 305 g/mol. The zero-order chi connectivity index (χ0) is 16.0. The molecule has 1 aliphatic carbocycles. The molecule has 1 aromatic rings. The van der Waals surface area contributed by atoms with Gasteiger partial charge < -0.3 is 15.5 Å². The summed E-state index contributed by atoms with van der Waals surface area (Å²) in [6, 6.07) is 9.72. The normalized spacial score (nSPS) is 18.4. The lowest BCUT2D eigenvalue weighted by Crippen LogP contribution is -2.48. The fourth-order valence-electron chi connectivity index (χ4n) is 3.21. The maximum atomic E-state index is 12.7. The SMILES string of the molecule is O=C(O)CC(O)CNC(=O)C1(c2ccccc2)CCCCC1. The summed E-state index contributed by atoms with van der Waals surface area (Å²) in [5.74, 6) is -1.18. The zero-order valence-electron chi connectivity index (χ0n) is 12.6. The number of carbonyl (C=O) groups excluding carboxylic acids is 1. The Kier molecular flexibility index (Phi) is 5.55. The van der Waals surface area contributed by atoms with Crippen LogP contribution in [0, 0.1) is 0 Å². The predicted octanol–water partition coefficient (Wildman–Crippen LogP) is 1.84. The van der Waals surface area contributed by atoms with E-state index in [2.05, 4.69) is 5.32 Å². The standard InChI is InChI=1S/C17H23NO4/c19-14(11-15(20)21)12-18-16(22)17(9-5-2-6-10-17)13-7-3-1-4-8-13/h1,3-4,7-8,14,19H,2,5-6,9-12H2,(H,18,22)(H,20,21). The fraction of sp³-hybridized carbons (Fsp3) is 0.529. The molecule has 5 heteroatoms. The summed E-state index contributed by atoms with van der Waals surface area (Å²) in [5, 5.41) is 21.0. The van der Waals surface area contributed by atoms with Crippen molar-refractivity contribution in [1.82, 2.24) is 5.32 Å². The van der Waals surface area contributed by atoms with E-state index in [0.717, 1.165) is 37.7 Å². The lowest BCUT2D eigenvalue weighted by atomic mass is 9.68. The van der Waals surface area contributed by atoms with Gasteiger partial charge in [0.2, 0.25) is 5.91 Å². The van der Waals surface area contributed by atoms with Gasteiger partial charge in [-0.3, -0.25) is 9.59 Å². The first-order valence-corrected chi connectivity index (χ1v) is 7.78. The van der Waals surface area contributed by atoms with E-state index in [1.807, 2.05) is 30.3 Å². The van der Waals surface area contributed by atoms with E-state index in [9.17, 15) is 14.7 Å². The minimum atomic E-state index is -1.07. The Bertz CT molecular complexity index is 509. The Morgan fingerprint density at radius 2 is 1.77 bits per heavy atom. The van der Waals surface area contributed by atoms with E-state index in [0.29, 0.717) is 0 Å². The van der Waals surface area contributed by atoms with E-state index in [4.69, 9.17) is 5.11 Å². The molecule has 1 aliphatic rings. The van der Waals surface area contributed by atoms with Crippen molar-refractivity contribution in [2.45, 2.75) is 50.0 Å². The van der Waals surface area contributed by atoms with Crippen LogP contribution in [0.1, 0.15) is 44.1 Å². The van der Waals surface area contributed by atoms with Crippen LogP contribution in [0.25, 0.3) is 0 Å². The molecule has 1 saturated carbocycles. The molecule has 1 aromatic carbocycles. The molecule has 0 saturated heterocycles. The summed E-state index contributed by atoms with van der Waals surface area (Å²) >= 11 is 0. The molecule has 120 valence electrons. The summed E-state index contributed by atoms with van der Waals surface area (Å²) < 4.78 is 0. The maximum absolute atomic E-state index is 12.7. The summed E-state index contributed by atoms with van der Waals surface area (Å²) in [6.07, 6.45) is 3.29. The van der Waals surface area contributed by atoms with Crippen LogP contribution in [0.4, 0.5) is 0 Å². The Balaban J connectivity index is 2.09. The number of benzene rings is 1. The van der Waals surface area contributed by atoms with Crippen LogP contribution < -0.4 is 5.32 Å². The van der Waals surface area contributed by atoms with Gasteiger partial charge >= 0.3 is 5.97 Å². The van der Waals surface area contributed by atoms with Crippen LogP contribution in [-0.4, -0.2) is 34.7 Å². The van der Waals surface area contributed by atoms with Crippen LogP contribution in [-0.2, 0) is 15.0 Å². The number of aliphatic hydroxyl groups excluding tert-OH is 1. The highest BCUT2D eigenvalue weighted by Gasteiger charge is 2.40. The van der Waals surface area contributed by atoms with E-state index < -0.39 is 17.5 Å². The van der Waals surface area contributed by atoms with Crippen molar-refractivity contribution in [3.63, 3.8) is 0 Å². The molecule has 3 N–H and O–H groups in total. The largest absolute Gasteiger partial charge is 0.481 e. The van der Waals surface area contributed by atoms with Crippen LogP contribution in [0.15, 0.2) is 30.3 Å². The summed E-state index contributed by atoms with van der Waals surface area (Å²) in [7, 11) is 0. The number of hydrogen-bond donors (Lipinski definition) is 3. The Labute approximate surface area is 130 Å². The molecular weight excluding hydrogens is 282 g/mol. The van der Waals surface area contributed by atoms with Gasteiger partial charge in [0, 0.05) is 6.54 Å². The highest BCUT2D eigenvalue weighted by atomic mass is 16.4. The molecule has 2 rings (SSSR count). The van der Waals surface area contributed by atoms with E-state index in [1.165, 1.54) is 0 Å². The Hall–Kier alpha value is -1.88. The van der Waals surface area contributed by atoms with Crippen molar-refractivity contribution in [3.8, 4) is 0 Å². The number of hydrogen-bond acceptors (Lipinski definition) is 3. The number of carboxylic acid groups (broad SMARTS) is 1. The van der Waals surface area contributed by atoms with Crippen LogP contribution >= 0.6 is 0 Å². The number of carboxylic acids is 1. The molecule has 0 heterocycles. The summed E-state index contributed by atoms with van der Waals surface area (Å²) in [6.45, 7) is -0.0281. The third kappa shape index (κ3) is 3.85. The third-order valence-corrected chi connectivity index (χ3v) is 4.38. The molecule has 0 radical (unpaired) electrons. The molecule has 0 aromatic heterocycles. The highest BCUT2D eigenvalue weighted by Crippen LogP contribution is 2.39. The fourth-order valence-corrected chi connectivity index (χ4v) is 3.21. The van der Waals surface area contributed by atoms with Crippen molar-refractivity contribution >= 4 is 11.9 Å². The molecule has 0 aliphatic heterocycles. The molecule has 1 unspecified atom stereocenters. The first-order chi connectivity index (χ1) is 10.5. The average Bonchev–Trinajstić information content (AvgIpc) is 2.53. The number of amides is 1. The number of aliphatic carboxylic acids is 1. The highest BCUT2D eigenvalue weighted by molar-refractivity contribution is 5.88. The molecule has 1 fully saturated rings. The van der Waals surface area contributed by atoms with Gasteiger partial charge in [-0.15, -0.1) is 0 Å². The van der Waals surface area contributed by atoms with Crippen molar-refractivity contribution in [2.75, 3.05) is 6.54 Å². The lowest BCUT2D eigenvalue weighted by Gasteiger charge is -2.36. The van der Waals surface area contributed by atoms with Crippen LogP contribution in [0.2, 0.25) is 0 Å². The van der Waals surface area contributed by atoms with Gasteiger partial charge in [0.25, 0.3) is 0 Å². The lowest BCUT2D eigenvalue weighted by molar-refractivity contribution is -0.139. The van der Waals surface area contributed by atoms with Crippen molar-refractivity contribution in [3.05, 3.63) is 35.9 Å². The molecule has 22 heavy (non-hydrogen) atoms. The first kappa shape index (κ1) is 16.5. The van der Waals surface area contributed by atoms with Gasteiger partial charge in [0.1, 0.15) is 0 Å². The van der Waals surface area contributed by atoms with Crippen LogP contribution in [0.3, 0.4) is 0 Å².